The number of aryl methyl sites for hydroxylation is 3. The molecule has 5 aromatic rings. The maximum absolute atomic E-state index is 15.4. The van der Waals surface area contributed by atoms with Gasteiger partial charge in [-0.15, -0.1) is 0 Å². The summed E-state index contributed by atoms with van der Waals surface area (Å²) in [7, 11) is 1.76. The molecule has 5 rings (SSSR count). The van der Waals surface area contributed by atoms with Gasteiger partial charge in [-0.25, -0.2) is 9.37 Å². The first-order valence-corrected chi connectivity index (χ1v) is 13.1. The molecule has 2 aromatic carbocycles. The minimum atomic E-state index is -0.669. The highest BCUT2D eigenvalue weighted by molar-refractivity contribution is 5.67. The molecule has 0 saturated carbocycles. The van der Waals surface area contributed by atoms with Crippen molar-refractivity contribution in [3.8, 4) is 34.2 Å². The van der Waals surface area contributed by atoms with Crippen LogP contribution in [0.15, 0.2) is 65.7 Å². The molecular formula is C31H29F2N5O2. The topological polar surface area (TPSA) is 85.8 Å². The minimum Gasteiger partial charge on any atom is -0.494 e. The van der Waals surface area contributed by atoms with E-state index < -0.39 is 17.3 Å². The van der Waals surface area contributed by atoms with Gasteiger partial charge in [-0.05, 0) is 65.8 Å². The van der Waals surface area contributed by atoms with Crippen molar-refractivity contribution in [1.29, 1.82) is 0 Å². The van der Waals surface area contributed by atoms with Crippen LogP contribution in [0.4, 0.5) is 8.78 Å². The van der Waals surface area contributed by atoms with Gasteiger partial charge in [0.1, 0.15) is 11.5 Å². The SMILES string of the molecule is CCc1cccc(CC)c1-n1c(-c2ccn(C)n2)nc(=O)c(Cc2ccc(-c3ccnc(F)c3C)cc2F)c1O. The Morgan fingerprint density at radius 3 is 2.33 bits per heavy atom. The van der Waals surface area contributed by atoms with Gasteiger partial charge < -0.3 is 5.11 Å². The number of para-hydroxylation sites is 1. The van der Waals surface area contributed by atoms with Crippen molar-refractivity contribution in [1.82, 2.24) is 24.3 Å². The Labute approximate surface area is 230 Å². The van der Waals surface area contributed by atoms with Crippen LogP contribution in [0.5, 0.6) is 5.88 Å². The van der Waals surface area contributed by atoms with Gasteiger partial charge in [-0.3, -0.25) is 14.0 Å². The van der Waals surface area contributed by atoms with E-state index in [1.54, 1.807) is 47.6 Å². The fourth-order valence-electron chi connectivity index (χ4n) is 4.99. The fourth-order valence-corrected chi connectivity index (χ4v) is 4.99. The Morgan fingerprint density at radius 1 is 0.975 bits per heavy atom. The molecule has 0 atom stereocenters. The van der Waals surface area contributed by atoms with Crippen molar-refractivity contribution in [2.75, 3.05) is 0 Å². The molecule has 3 heterocycles. The molecule has 0 amide bonds. The summed E-state index contributed by atoms with van der Waals surface area (Å²) in [4.78, 5) is 21.3. The van der Waals surface area contributed by atoms with Crippen molar-refractivity contribution in [2.45, 2.75) is 40.0 Å². The summed E-state index contributed by atoms with van der Waals surface area (Å²) >= 11 is 0. The van der Waals surface area contributed by atoms with Gasteiger partial charge in [0.2, 0.25) is 11.8 Å². The van der Waals surface area contributed by atoms with E-state index in [0.29, 0.717) is 35.2 Å². The molecular weight excluding hydrogens is 512 g/mol. The molecule has 9 heteroatoms. The van der Waals surface area contributed by atoms with Gasteiger partial charge >= 0.3 is 0 Å². The summed E-state index contributed by atoms with van der Waals surface area (Å²) in [6.45, 7) is 5.61. The highest BCUT2D eigenvalue weighted by Gasteiger charge is 2.24. The maximum atomic E-state index is 15.4. The van der Waals surface area contributed by atoms with Crippen LogP contribution >= 0.6 is 0 Å². The van der Waals surface area contributed by atoms with Crippen molar-refractivity contribution in [3.05, 3.63) is 111 Å². The van der Waals surface area contributed by atoms with Crippen LogP contribution in [0.2, 0.25) is 0 Å². The normalized spacial score (nSPS) is 11.2. The van der Waals surface area contributed by atoms with Crippen molar-refractivity contribution >= 4 is 0 Å². The zero-order chi connectivity index (χ0) is 28.6. The predicted molar refractivity (Wildman–Crippen MR) is 150 cm³/mol. The Balaban J connectivity index is 1.68. The smallest absolute Gasteiger partial charge is 0.280 e. The Bertz CT molecular complexity index is 1770. The van der Waals surface area contributed by atoms with Gasteiger partial charge in [-0.2, -0.15) is 14.5 Å². The zero-order valence-electron chi connectivity index (χ0n) is 22.7. The van der Waals surface area contributed by atoms with E-state index in [1.807, 2.05) is 32.0 Å². The number of benzene rings is 2. The van der Waals surface area contributed by atoms with E-state index in [0.717, 1.165) is 16.8 Å². The number of halogens is 2. The number of hydrogen-bond donors (Lipinski definition) is 1. The zero-order valence-corrected chi connectivity index (χ0v) is 22.7. The lowest BCUT2D eigenvalue weighted by Crippen LogP contribution is -2.22. The van der Waals surface area contributed by atoms with Gasteiger partial charge in [0, 0.05) is 31.4 Å². The Kier molecular flexibility index (Phi) is 7.30. The maximum Gasteiger partial charge on any atom is 0.280 e. The second kappa shape index (κ2) is 10.8. The van der Waals surface area contributed by atoms with E-state index in [4.69, 9.17) is 0 Å². The molecule has 40 heavy (non-hydrogen) atoms. The number of aromatic hydroxyl groups is 1. The van der Waals surface area contributed by atoms with Crippen LogP contribution in [0.3, 0.4) is 0 Å². The van der Waals surface area contributed by atoms with Gasteiger partial charge in [0.15, 0.2) is 5.82 Å². The lowest BCUT2D eigenvalue weighted by Gasteiger charge is -2.21. The minimum absolute atomic E-state index is 0.0366. The molecule has 0 saturated heterocycles. The average molecular weight is 542 g/mol. The standard InChI is InChI=1S/C31H29F2N5O2/c1-5-19-8-7-9-20(6-2)27(19)38-29(26-13-15-37(4)36-26)35-30(39)24(31(38)40)16-22-11-10-21(17-25(22)32)23-12-14-34-28(33)18(23)3/h7-15,17,40H,5-6,16H2,1-4H3. The lowest BCUT2D eigenvalue weighted by molar-refractivity contribution is 0.428. The molecule has 0 fully saturated rings. The second-order valence-corrected chi connectivity index (χ2v) is 9.64. The van der Waals surface area contributed by atoms with Gasteiger partial charge in [0.25, 0.3) is 5.56 Å². The third kappa shape index (κ3) is 4.79. The number of nitrogens with zero attached hydrogens (tertiary/aromatic N) is 5. The first-order valence-electron chi connectivity index (χ1n) is 13.1. The van der Waals surface area contributed by atoms with Crippen LogP contribution in [0, 0.1) is 18.7 Å². The Morgan fingerprint density at radius 2 is 1.70 bits per heavy atom. The highest BCUT2D eigenvalue weighted by atomic mass is 19.1. The third-order valence-electron chi connectivity index (χ3n) is 7.16. The molecule has 204 valence electrons. The molecule has 7 nitrogen and oxygen atoms in total. The molecule has 3 aromatic heterocycles. The first-order chi connectivity index (χ1) is 19.2. The fraction of sp³-hybridized carbons (Fsp3) is 0.226. The number of rotatable bonds is 7. The summed E-state index contributed by atoms with van der Waals surface area (Å²) in [5.41, 5.74) is 3.87. The molecule has 0 spiro atoms. The molecule has 0 aliphatic rings. The average Bonchev–Trinajstić information content (AvgIpc) is 3.38. The predicted octanol–water partition coefficient (Wildman–Crippen LogP) is 5.70. The van der Waals surface area contributed by atoms with E-state index in [1.165, 1.54) is 18.3 Å². The number of aromatic nitrogens is 5. The molecule has 0 aliphatic carbocycles. The quantitative estimate of drug-likeness (QED) is 0.267. The van der Waals surface area contributed by atoms with Crippen LogP contribution in [-0.2, 0) is 26.3 Å². The largest absolute Gasteiger partial charge is 0.494 e. The number of hydrogen-bond acceptors (Lipinski definition) is 5. The third-order valence-corrected chi connectivity index (χ3v) is 7.16. The van der Waals surface area contributed by atoms with Crippen molar-refractivity contribution in [2.24, 2.45) is 7.05 Å². The van der Waals surface area contributed by atoms with Crippen molar-refractivity contribution < 1.29 is 13.9 Å². The lowest BCUT2D eigenvalue weighted by atomic mass is 9.98. The van der Waals surface area contributed by atoms with E-state index >= 15 is 4.39 Å². The summed E-state index contributed by atoms with van der Waals surface area (Å²) in [6, 6.07) is 13.7. The molecule has 0 unspecified atom stereocenters. The van der Waals surface area contributed by atoms with Gasteiger partial charge in [-0.1, -0.05) is 44.2 Å². The van der Waals surface area contributed by atoms with E-state index in [2.05, 4.69) is 15.1 Å². The summed E-state index contributed by atoms with van der Waals surface area (Å²) in [5.74, 6) is -1.32. The monoisotopic (exact) mass is 541 g/mol. The van der Waals surface area contributed by atoms with Gasteiger partial charge in [0.05, 0.1) is 11.3 Å². The highest BCUT2D eigenvalue weighted by Crippen LogP contribution is 2.33. The number of pyridine rings is 1. The second-order valence-electron chi connectivity index (χ2n) is 9.64. The molecule has 1 N–H and O–H groups in total. The first kappa shape index (κ1) is 26.9. The van der Waals surface area contributed by atoms with Crippen LogP contribution in [-0.4, -0.2) is 29.4 Å². The van der Waals surface area contributed by atoms with Crippen LogP contribution in [0.25, 0.3) is 28.3 Å². The van der Waals surface area contributed by atoms with Crippen molar-refractivity contribution in [3.63, 3.8) is 0 Å². The van der Waals surface area contributed by atoms with E-state index in [-0.39, 0.29) is 29.3 Å². The Hall–Kier alpha value is -4.66. The summed E-state index contributed by atoms with van der Waals surface area (Å²) in [5, 5.41) is 16.1. The summed E-state index contributed by atoms with van der Waals surface area (Å²) in [6.07, 6.45) is 4.23. The molecule has 0 aliphatic heterocycles. The molecule has 0 radical (unpaired) electrons. The summed E-state index contributed by atoms with van der Waals surface area (Å²) < 4.78 is 32.5. The van der Waals surface area contributed by atoms with E-state index in [9.17, 15) is 14.3 Å². The van der Waals surface area contributed by atoms with Crippen LogP contribution < -0.4 is 5.56 Å². The van der Waals surface area contributed by atoms with Crippen LogP contribution in [0.1, 0.15) is 41.7 Å². The molecule has 0 bridgehead atoms.